The molecule has 2 saturated heterocycles. The Morgan fingerprint density at radius 1 is 1.59 bits per heavy atom. The van der Waals surface area contributed by atoms with Crippen molar-refractivity contribution in [1.82, 2.24) is 4.90 Å². The molecule has 17 heavy (non-hydrogen) atoms. The molecule has 0 radical (unpaired) electrons. The second-order valence-electron chi connectivity index (χ2n) is 4.85. The SMILES string of the molecule is C[C@@H](O)[C@H]1C(=O)N2[C@@H]1SC(C)(C)[C@H]2C(=O)[O-].[K+]. The molecule has 0 bridgehead atoms. The molecule has 1 N–H and O–H groups in total. The maximum absolute atomic E-state index is 11.7. The quantitative estimate of drug-likeness (QED) is 0.411. The van der Waals surface area contributed by atoms with Crippen molar-refractivity contribution in [2.24, 2.45) is 5.92 Å². The topological polar surface area (TPSA) is 80.7 Å². The Balaban J connectivity index is 0.00000144. The van der Waals surface area contributed by atoms with Crippen molar-refractivity contribution in [3.63, 3.8) is 0 Å². The molecule has 0 aromatic rings. The molecule has 0 spiro atoms. The van der Waals surface area contributed by atoms with Crippen LogP contribution in [0.1, 0.15) is 20.8 Å². The van der Waals surface area contributed by atoms with Crippen LogP contribution in [0.4, 0.5) is 0 Å². The summed E-state index contributed by atoms with van der Waals surface area (Å²) < 4.78 is -0.567. The van der Waals surface area contributed by atoms with E-state index in [-0.39, 0.29) is 62.7 Å². The van der Waals surface area contributed by atoms with Gasteiger partial charge in [0.1, 0.15) is 0 Å². The van der Waals surface area contributed by atoms with Gasteiger partial charge in [-0.05, 0) is 20.8 Å². The molecular weight excluding hydrogens is 269 g/mol. The maximum atomic E-state index is 11.7. The molecule has 2 aliphatic rings. The standard InChI is InChI=1S/C10H15NO4S.K/c1-4(12)5-7(13)11-6(9(14)15)10(2,3)16-8(5)11;/h4-6,8,12H,1-3H3,(H,14,15);/q;+1/p-1/t4-,5+,6-,8-;/m1./s1. The zero-order valence-electron chi connectivity index (χ0n) is 10.3. The third-order valence-corrected chi connectivity index (χ3v) is 4.82. The number of rotatable bonds is 2. The fourth-order valence-corrected chi connectivity index (χ4v) is 4.26. The number of carboxylic acid groups (broad SMARTS) is 1. The number of fused-ring (bicyclic) bond motifs is 1. The molecule has 2 rings (SSSR count). The summed E-state index contributed by atoms with van der Waals surface area (Å²) in [5, 5.41) is 20.3. The van der Waals surface area contributed by atoms with E-state index < -0.39 is 28.8 Å². The summed E-state index contributed by atoms with van der Waals surface area (Å²) in [7, 11) is 0. The van der Waals surface area contributed by atoms with E-state index in [2.05, 4.69) is 0 Å². The molecule has 0 saturated carbocycles. The van der Waals surface area contributed by atoms with Crippen molar-refractivity contribution >= 4 is 23.6 Å². The van der Waals surface area contributed by atoms with Crippen molar-refractivity contribution < 1.29 is 71.2 Å². The molecule has 90 valence electrons. The maximum Gasteiger partial charge on any atom is 1.00 e. The fourth-order valence-electron chi connectivity index (χ4n) is 2.47. The van der Waals surface area contributed by atoms with Crippen molar-refractivity contribution in [2.75, 3.05) is 0 Å². The first-order valence-electron chi connectivity index (χ1n) is 5.16. The molecular formula is C10H14KNO4S. The molecule has 2 aliphatic heterocycles. The third kappa shape index (κ3) is 2.35. The summed E-state index contributed by atoms with van der Waals surface area (Å²) in [4.78, 5) is 24.1. The smallest absolute Gasteiger partial charge is 0.548 e. The number of thioether (sulfide) groups is 1. The normalized spacial score (nSPS) is 35.6. The van der Waals surface area contributed by atoms with Crippen molar-refractivity contribution in [1.29, 1.82) is 0 Å². The zero-order chi connectivity index (χ0) is 12.2. The predicted octanol–water partition coefficient (Wildman–Crippen LogP) is -4.20. The summed E-state index contributed by atoms with van der Waals surface area (Å²) in [6, 6.07) is -0.898. The van der Waals surface area contributed by atoms with E-state index in [4.69, 9.17) is 0 Å². The van der Waals surface area contributed by atoms with Crippen LogP contribution >= 0.6 is 11.8 Å². The number of aliphatic hydroxyl groups excluding tert-OH is 1. The first-order valence-corrected chi connectivity index (χ1v) is 6.04. The Kier molecular flexibility index (Phi) is 4.79. The van der Waals surface area contributed by atoms with Gasteiger partial charge < -0.3 is 19.9 Å². The van der Waals surface area contributed by atoms with Gasteiger partial charge in [-0.2, -0.15) is 0 Å². The van der Waals surface area contributed by atoms with Crippen LogP contribution in [-0.4, -0.2) is 44.1 Å². The second-order valence-corrected chi connectivity index (χ2v) is 6.62. The van der Waals surface area contributed by atoms with Gasteiger partial charge in [-0.15, -0.1) is 11.8 Å². The summed E-state index contributed by atoms with van der Waals surface area (Å²) in [6.07, 6.45) is -0.738. The largest absolute Gasteiger partial charge is 1.00 e. The Labute approximate surface area is 147 Å². The number of aliphatic hydroxyl groups is 1. The zero-order valence-corrected chi connectivity index (χ0v) is 14.3. The molecule has 0 aromatic carbocycles. The van der Waals surface area contributed by atoms with Gasteiger partial charge in [0.05, 0.1) is 29.4 Å². The number of amides is 1. The minimum atomic E-state index is -1.22. The minimum Gasteiger partial charge on any atom is -0.548 e. The number of nitrogens with zero attached hydrogens (tertiary/aromatic N) is 1. The monoisotopic (exact) mass is 283 g/mol. The van der Waals surface area contributed by atoms with Gasteiger partial charge in [-0.1, -0.05) is 0 Å². The number of hydrogen-bond donors (Lipinski definition) is 1. The van der Waals surface area contributed by atoms with Crippen LogP contribution < -0.4 is 56.5 Å². The Hall–Kier alpha value is 0.886. The van der Waals surface area contributed by atoms with Crippen molar-refractivity contribution in [3.8, 4) is 0 Å². The predicted molar refractivity (Wildman–Crippen MR) is 56.3 cm³/mol. The first-order chi connectivity index (χ1) is 7.27. The van der Waals surface area contributed by atoms with Crippen LogP contribution in [0.5, 0.6) is 0 Å². The fraction of sp³-hybridized carbons (Fsp3) is 0.800. The van der Waals surface area contributed by atoms with Crippen LogP contribution in [0.25, 0.3) is 0 Å². The van der Waals surface area contributed by atoms with Gasteiger partial charge in [-0.25, -0.2) is 0 Å². The summed E-state index contributed by atoms with van der Waals surface area (Å²) in [5.74, 6) is -1.99. The van der Waals surface area contributed by atoms with Gasteiger partial charge in [0.25, 0.3) is 0 Å². The molecule has 0 aromatic heterocycles. The van der Waals surface area contributed by atoms with Crippen molar-refractivity contribution in [3.05, 3.63) is 0 Å². The van der Waals surface area contributed by atoms with Gasteiger partial charge in [0.2, 0.25) is 5.91 Å². The number of carboxylic acids is 1. The van der Waals surface area contributed by atoms with E-state index in [9.17, 15) is 19.8 Å². The van der Waals surface area contributed by atoms with Crippen molar-refractivity contribution in [2.45, 2.75) is 43.0 Å². The number of hydrogen-bond acceptors (Lipinski definition) is 5. The third-order valence-electron chi connectivity index (χ3n) is 3.23. The summed E-state index contributed by atoms with van der Waals surface area (Å²) >= 11 is 1.42. The van der Waals surface area contributed by atoms with E-state index in [1.807, 2.05) is 0 Å². The first kappa shape index (κ1) is 15.9. The number of β-lactam (4-membered cyclic amide) rings is 1. The number of carbonyl (C=O) groups is 2. The molecule has 7 heteroatoms. The number of aliphatic carboxylic acids is 1. The average molecular weight is 283 g/mol. The van der Waals surface area contributed by atoms with Crippen LogP contribution in [0.2, 0.25) is 0 Å². The molecule has 0 unspecified atom stereocenters. The molecule has 1 amide bonds. The van der Waals surface area contributed by atoms with Crippen LogP contribution in [0, 0.1) is 5.92 Å². The summed E-state index contributed by atoms with van der Waals surface area (Å²) in [6.45, 7) is 5.12. The Morgan fingerprint density at radius 2 is 2.12 bits per heavy atom. The van der Waals surface area contributed by atoms with E-state index in [0.717, 1.165) is 0 Å². The van der Waals surface area contributed by atoms with Gasteiger partial charge in [-0.3, -0.25) is 4.79 Å². The molecule has 4 atom stereocenters. The molecule has 5 nitrogen and oxygen atoms in total. The molecule has 0 aliphatic carbocycles. The Bertz CT molecular complexity index is 360. The molecule has 2 heterocycles. The van der Waals surface area contributed by atoms with Crippen LogP contribution in [-0.2, 0) is 9.59 Å². The van der Waals surface area contributed by atoms with Gasteiger partial charge in [0, 0.05) is 4.75 Å². The summed E-state index contributed by atoms with van der Waals surface area (Å²) in [5.41, 5.74) is 0. The average Bonchev–Trinajstić information content (AvgIpc) is 2.33. The second kappa shape index (κ2) is 5.11. The Morgan fingerprint density at radius 3 is 2.53 bits per heavy atom. The van der Waals surface area contributed by atoms with Gasteiger partial charge >= 0.3 is 51.4 Å². The van der Waals surface area contributed by atoms with E-state index >= 15 is 0 Å². The van der Waals surface area contributed by atoms with E-state index in [1.165, 1.54) is 16.7 Å². The van der Waals surface area contributed by atoms with Gasteiger partial charge in [0.15, 0.2) is 0 Å². The molecule has 2 fully saturated rings. The minimum absolute atomic E-state index is 0. The van der Waals surface area contributed by atoms with Crippen LogP contribution in [0.3, 0.4) is 0 Å². The number of carbonyl (C=O) groups excluding carboxylic acids is 2. The van der Waals surface area contributed by atoms with Crippen LogP contribution in [0.15, 0.2) is 0 Å². The van der Waals surface area contributed by atoms with E-state index in [1.54, 1.807) is 20.8 Å². The van der Waals surface area contributed by atoms with E-state index in [0.29, 0.717) is 0 Å².